The van der Waals surface area contributed by atoms with Crippen LogP contribution in [0.3, 0.4) is 0 Å². The summed E-state index contributed by atoms with van der Waals surface area (Å²) in [4.78, 5) is 0. The summed E-state index contributed by atoms with van der Waals surface area (Å²) in [6, 6.07) is 7.86. The minimum atomic E-state index is 0.390. The number of nitrogens with two attached hydrogens (primary N) is 1. The van der Waals surface area contributed by atoms with Crippen LogP contribution in [0, 0.1) is 5.92 Å². The maximum Gasteiger partial charge on any atom is 0.0505 e. The smallest absolute Gasteiger partial charge is 0.0505 e. The number of benzene rings is 1. The van der Waals surface area contributed by atoms with Crippen LogP contribution in [0.4, 0.5) is 0 Å². The van der Waals surface area contributed by atoms with Gasteiger partial charge in [0, 0.05) is 12.1 Å². The monoisotopic (exact) mass is 213 g/mol. The molecule has 0 saturated carbocycles. The fourth-order valence-corrected chi connectivity index (χ4v) is 1.53. The van der Waals surface area contributed by atoms with Gasteiger partial charge in [0.1, 0.15) is 0 Å². The van der Waals surface area contributed by atoms with Crippen molar-refractivity contribution in [3.8, 4) is 0 Å². The summed E-state index contributed by atoms with van der Waals surface area (Å²) in [5, 5.41) is 0.768. The molecule has 0 aliphatic heterocycles. The van der Waals surface area contributed by atoms with Crippen LogP contribution in [-0.2, 0) is 11.2 Å². The van der Waals surface area contributed by atoms with Gasteiger partial charge in [-0.25, -0.2) is 0 Å². The molecule has 1 rings (SSSR count). The van der Waals surface area contributed by atoms with Gasteiger partial charge in [0.15, 0.2) is 0 Å². The van der Waals surface area contributed by atoms with Crippen LogP contribution in [0.25, 0.3) is 0 Å². The van der Waals surface area contributed by atoms with E-state index in [-0.39, 0.29) is 0 Å². The molecule has 1 unspecified atom stereocenters. The highest BCUT2D eigenvalue weighted by Crippen LogP contribution is 2.13. The topological polar surface area (TPSA) is 35.2 Å². The van der Waals surface area contributed by atoms with Crippen LogP contribution in [0.5, 0.6) is 0 Å². The quantitative estimate of drug-likeness (QED) is 0.813. The number of hydrogen-bond acceptors (Lipinski definition) is 2. The molecule has 0 radical (unpaired) electrons. The maximum absolute atomic E-state index is 5.79. The highest BCUT2D eigenvalue weighted by molar-refractivity contribution is 6.30. The van der Waals surface area contributed by atoms with Crippen molar-refractivity contribution in [3.05, 3.63) is 34.9 Å². The molecule has 78 valence electrons. The van der Waals surface area contributed by atoms with Crippen LogP contribution in [0.15, 0.2) is 24.3 Å². The minimum absolute atomic E-state index is 0.390. The second-order valence-corrected chi connectivity index (χ2v) is 3.82. The Bertz CT molecular complexity index is 260. The first-order chi connectivity index (χ1) is 6.76. The Morgan fingerprint density at radius 1 is 1.36 bits per heavy atom. The number of rotatable bonds is 5. The van der Waals surface area contributed by atoms with E-state index in [4.69, 9.17) is 22.1 Å². The van der Waals surface area contributed by atoms with Gasteiger partial charge in [0.2, 0.25) is 0 Å². The van der Waals surface area contributed by atoms with Crippen LogP contribution < -0.4 is 5.73 Å². The lowest BCUT2D eigenvalue weighted by atomic mass is 10.0. The zero-order valence-corrected chi connectivity index (χ0v) is 9.13. The molecule has 2 nitrogen and oxygen atoms in total. The Kier molecular flexibility index (Phi) is 4.94. The van der Waals surface area contributed by atoms with Crippen LogP contribution in [-0.4, -0.2) is 20.3 Å². The largest absolute Gasteiger partial charge is 0.384 e. The van der Waals surface area contributed by atoms with Gasteiger partial charge in [-0.2, -0.15) is 0 Å². The van der Waals surface area contributed by atoms with Crippen LogP contribution in [0.1, 0.15) is 5.56 Å². The molecule has 0 aliphatic carbocycles. The highest BCUT2D eigenvalue weighted by atomic mass is 35.5. The zero-order chi connectivity index (χ0) is 10.4. The predicted molar refractivity (Wildman–Crippen MR) is 59.6 cm³/mol. The first kappa shape index (κ1) is 11.5. The van der Waals surface area contributed by atoms with Crippen LogP contribution >= 0.6 is 11.6 Å². The number of halogens is 1. The van der Waals surface area contributed by atoms with Gasteiger partial charge in [-0.1, -0.05) is 23.7 Å². The lowest BCUT2D eigenvalue weighted by Crippen LogP contribution is -2.21. The van der Waals surface area contributed by atoms with Crippen molar-refractivity contribution in [2.75, 3.05) is 20.3 Å². The molecule has 14 heavy (non-hydrogen) atoms. The highest BCUT2D eigenvalue weighted by Gasteiger charge is 2.06. The van der Waals surface area contributed by atoms with E-state index >= 15 is 0 Å². The molecule has 1 aromatic carbocycles. The van der Waals surface area contributed by atoms with Crippen molar-refractivity contribution in [1.29, 1.82) is 0 Å². The van der Waals surface area contributed by atoms with E-state index in [1.807, 2.05) is 24.3 Å². The molecular weight excluding hydrogens is 198 g/mol. The maximum atomic E-state index is 5.79. The fraction of sp³-hybridized carbons (Fsp3) is 0.455. The van der Waals surface area contributed by atoms with Crippen molar-refractivity contribution >= 4 is 11.6 Å². The minimum Gasteiger partial charge on any atom is -0.384 e. The standard InChI is InChI=1S/C11H16ClNO/c1-14-8-10(7-13)6-9-2-4-11(12)5-3-9/h2-5,10H,6-8,13H2,1H3. The van der Waals surface area contributed by atoms with Crippen molar-refractivity contribution in [2.24, 2.45) is 11.7 Å². The zero-order valence-electron chi connectivity index (χ0n) is 8.37. The fourth-order valence-electron chi connectivity index (χ4n) is 1.40. The van der Waals surface area contributed by atoms with Gasteiger partial charge in [-0.3, -0.25) is 0 Å². The summed E-state index contributed by atoms with van der Waals surface area (Å²) in [5.41, 5.74) is 6.88. The summed E-state index contributed by atoms with van der Waals surface area (Å²) >= 11 is 5.79. The summed E-state index contributed by atoms with van der Waals surface area (Å²) in [6.45, 7) is 1.36. The molecule has 0 saturated heterocycles. The molecule has 0 amide bonds. The Hall–Kier alpha value is -0.570. The molecule has 0 aliphatic rings. The Labute approximate surface area is 90.0 Å². The average molecular weight is 214 g/mol. The summed E-state index contributed by atoms with van der Waals surface area (Å²) in [6.07, 6.45) is 0.946. The normalized spacial score (nSPS) is 12.8. The van der Waals surface area contributed by atoms with Crippen molar-refractivity contribution in [3.63, 3.8) is 0 Å². The molecule has 1 atom stereocenters. The van der Waals surface area contributed by atoms with E-state index < -0.39 is 0 Å². The van der Waals surface area contributed by atoms with Gasteiger partial charge < -0.3 is 10.5 Å². The third-order valence-corrected chi connectivity index (χ3v) is 2.43. The predicted octanol–water partition coefficient (Wildman–Crippen LogP) is 2.10. The van der Waals surface area contributed by atoms with E-state index in [2.05, 4.69) is 0 Å². The lowest BCUT2D eigenvalue weighted by molar-refractivity contribution is 0.155. The van der Waals surface area contributed by atoms with Crippen LogP contribution in [0.2, 0.25) is 5.02 Å². The summed E-state index contributed by atoms with van der Waals surface area (Å²) in [5.74, 6) is 0.390. The Morgan fingerprint density at radius 2 is 2.00 bits per heavy atom. The van der Waals surface area contributed by atoms with E-state index in [1.165, 1.54) is 5.56 Å². The second-order valence-electron chi connectivity index (χ2n) is 3.39. The van der Waals surface area contributed by atoms with E-state index in [0.717, 1.165) is 11.4 Å². The van der Waals surface area contributed by atoms with E-state index in [0.29, 0.717) is 19.1 Å². The first-order valence-electron chi connectivity index (χ1n) is 4.69. The second kappa shape index (κ2) is 6.02. The number of hydrogen-bond donors (Lipinski definition) is 1. The molecule has 0 spiro atoms. The summed E-state index contributed by atoms with van der Waals surface area (Å²) < 4.78 is 5.08. The molecule has 0 aromatic heterocycles. The van der Waals surface area contributed by atoms with Gasteiger partial charge in [-0.05, 0) is 36.6 Å². The lowest BCUT2D eigenvalue weighted by Gasteiger charge is -2.13. The van der Waals surface area contributed by atoms with Crippen molar-refractivity contribution in [1.82, 2.24) is 0 Å². The molecular formula is C11H16ClNO. The Morgan fingerprint density at radius 3 is 2.50 bits per heavy atom. The van der Waals surface area contributed by atoms with Gasteiger partial charge in [-0.15, -0.1) is 0 Å². The summed E-state index contributed by atoms with van der Waals surface area (Å²) in [7, 11) is 1.70. The number of ether oxygens (including phenoxy) is 1. The van der Waals surface area contributed by atoms with Crippen molar-refractivity contribution in [2.45, 2.75) is 6.42 Å². The molecule has 0 fully saturated rings. The third kappa shape index (κ3) is 3.66. The third-order valence-electron chi connectivity index (χ3n) is 2.17. The molecule has 0 heterocycles. The van der Waals surface area contributed by atoms with Gasteiger partial charge in [0.25, 0.3) is 0 Å². The SMILES string of the molecule is COCC(CN)Cc1ccc(Cl)cc1. The van der Waals surface area contributed by atoms with E-state index in [9.17, 15) is 0 Å². The number of methoxy groups -OCH3 is 1. The first-order valence-corrected chi connectivity index (χ1v) is 5.07. The molecule has 0 bridgehead atoms. The Balaban J connectivity index is 2.53. The van der Waals surface area contributed by atoms with Crippen molar-refractivity contribution < 1.29 is 4.74 Å². The van der Waals surface area contributed by atoms with Gasteiger partial charge in [0.05, 0.1) is 6.61 Å². The molecule has 3 heteroatoms. The molecule has 2 N–H and O–H groups in total. The molecule has 1 aromatic rings. The average Bonchev–Trinajstić information content (AvgIpc) is 2.20. The van der Waals surface area contributed by atoms with E-state index in [1.54, 1.807) is 7.11 Å². The van der Waals surface area contributed by atoms with Gasteiger partial charge >= 0.3 is 0 Å².